The van der Waals surface area contributed by atoms with Gasteiger partial charge in [-0.05, 0) is 30.7 Å². The average Bonchev–Trinajstić information content (AvgIpc) is 2.83. The highest BCUT2D eigenvalue weighted by atomic mass is 79.9. The molecular formula is C12H13BrClN3. The molecule has 2 N–H and O–H groups in total. The SMILES string of the molecule is CC(NCc1cc(Br)ccc1Cl)c1cn[nH]c1. The van der Waals surface area contributed by atoms with Crippen LogP contribution in [0.25, 0.3) is 0 Å². The number of hydrogen-bond acceptors (Lipinski definition) is 2. The van der Waals surface area contributed by atoms with E-state index in [1.807, 2.05) is 30.6 Å². The molecule has 1 unspecified atom stereocenters. The van der Waals surface area contributed by atoms with Crippen LogP contribution in [0, 0.1) is 0 Å². The van der Waals surface area contributed by atoms with Crippen LogP contribution in [-0.4, -0.2) is 10.2 Å². The van der Waals surface area contributed by atoms with Gasteiger partial charge in [-0.2, -0.15) is 5.10 Å². The molecule has 2 rings (SSSR count). The summed E-state index contributed by atoms with van der Waals surface area (Å²) in [5.74, 6) is 0. The number of benzene rings is 1. The Balaban J connectivity index is 2.00. The minimum absolute atomic E-state index is 0.240. The lowest BCUT2D eigenvalue weighted by atomic mass is 10.1. The Morgan fingerprint density at radius 2 is 2.35 bits per heavy atom. The predicted octanol–water partition coefficient (Wildman–Crippen LogP) is 3.68. The van der Waals surface area contributed by atoms with Crippen LogP contribution < -0.4 is 5.32 Å². The van der Waals surface area contributed by atoms with Crippen LogP contribution in [0.1, 0.15) is 24.1 Å². The van der Waals surface area contributed by atoms with Crippen LogP contribution in [0.5, 0.6) is 0 Å². The van der Waals surface area contributed by atoms with Crippen molar-refractivity contribution in [3.8, 4) is 0 Å². The highest BCUT2D eigenvalue weighted by molar-refractivity contribution is 9.10. The molecule has 0 fully saturated rings. The van der Waals surface area contributed by atoms with Gasteiger partial charge in [-0.1, -0.05) is 27.5 Å². The number of nitrogens with one attached hydrogen (secondary N) is 2. The van der Waals surface area contributed by atoms with Gasteiger partial charge in [0.25, 0.3) is 0 Å². The third kappa shape index (κ3) is 3.31. The van der Waals surface area contributed by atoms with Gasteiger partial charge in [-0.15, -0.1) is 0 Å². The first-order valence-corrected chi connectivity index (χ1v) is 6.50. The van der Waals surface area contributed by atoms with Gasteiger partial charge in [0.2, 0.25) is 0 Å². The summed E-state index contributed by atoms with van der Waals surface area (Å²) < 4.78 is 1.04. The normalized spacial score (nSPS) is 12.6. The van der Waals surface area contributed by atoms with Gasteiger partial charge in [-0.25, -0.2) is 0 Å². The summed E-state index contributed by atoms with van der Waals surface area (Å²) in [7, 11) is 0. The molecule has 0 aliphatic carbocycles. The molecule has 1 heterocycles. The van der Waals surface area contributed by atoms with E-state index in [0.29, 0.717) is 0 Å². The highest BCUT2D eigenvalue weighted by Gasteiger charge is 2.07. The maximum Gasteiger partial charge on any atom is 0.0534 e. The van der Waals surface area contributed by atoms with Crippen molar-refractivity contribution in [1.82, 2.24) is 15.5 Å². The smallest absolute Gasteiger partial charge is 0.0534 e. The Hall–Kier alpha value is -0.840. The first-order chi connectivity index (χ1) is 8.16. The largest absolute Gasteiger partial charge is 0.306 e. The van der Waals surface area contributed by atoms with Crippen LogP contribution in [0.2, 0.25) is 5.02 Å². The summed E-state index contributed by atoms with van der Waals surface area (Å²) in [6, 6.07) is 6.09. The van der Waals surface area contributed by atoms with Crippen LogP contribution in [0.3, 0.4) is 0 Å². The average molecular weight is 315 g/mol. The lowest BCUT2D eigenvalue weighted by Crippen LogP contribution is -2.17. The van der Waals surface area contributed by atoms with E-state index in [-0.39, 0.29) is 6.04 Å². The Morgan fingerprint density at radius 3 is 3.06 bits per heavy atom. The number of rotatable bonds is 4. The summed E-state index contributed by atoms with van der Waals surface area (Å²) in [6.07, 6.45) is 3.71. The molecular weight excluding hydrogens is 302 g/mol. The van der Waals surface area contributed by atoms with Gasteiger partial charge in [-0.3, -0.25) is 5.10 Å². The number of H-pyrrole nitrogens is 1. The summed E-state index contributed by atoms with van der Waals surface area (Å²) in [5.41, 5.74) is 2.22. The quantitative estimate of drug-likeness (QED) is 0.904. The second kappa shape index (κ2) is 5.67. The Morgan fingerprint density at radius 1 is 1.53 bits per heavy atom. The molecule has 0 radical (unpaired) electrons. The number of halogens is 2. The Bertz CT molecular complexity index is 485. The molecule has 17 heavy (non-hydrogen) atoms. The third-order valence-corrected chi connectivity index (χ3v) is 3.49. The first kappa shape index (κ1) is 12.6. The van der Waals surface area contributed by atoms with Crippen molar-refractivity contribution in [2.75, 3.05) is 0 Å². The number of aromatic amines is 1. The van der Waals surface area contributed by atoms with Crippen LogP contribution in [-0.2, 0) is 6.54 Å². The predicted molar refractivity (Wildman–Crippen MR) is 73.0 cm³/mol. The monoisotopic (exact) mass is 313 g/mol. The molecule has 3 nitrogen and oxygen atoms in total. The molecule has 0 saturated heterocycles. The maximum absolute atomic E-state index is 6.13. The van der Waals surface area contributed by atoms with E-state index in [4.69, 9.17) is 11.6 Å². The molecule has 2 aromatic rings. The highest BCUT2D eigenvalue weighted by Crippen LogP contribution is 2.21. The summed E-state index contributed by atoms with van der Waals surface area (Å²) in [6.45, 7) is 2.82. The minimum atomic E-state index is 0.240. The molecule has 1 atom stereocenters. The third-order valence-electron chi connectivity index (χ3n) is 2.63. The fourth-order valence-corrected chi connectivity index (χ4v) is 2.15. The molecule has 0 amide bonds. The van der Waals surface area contributed by atoms with E-state index in [1.165, 1.54) is 0 Å². The van der Waals surface area contributed by atoms with Crippen molar-refractivity contribution < 1.29 is 0 Å². The van der Waals surface area contributed by atoms with Crippen molar-refractivity contribution in [3.05, 3.63) is 51.2 Å². The van der Waals surface area contributed by atoms with Gasteiger partial charge in [0, 0.05) is 33.8 Å². The fraction of sp³-hybridized carbons (Fsp3) is 0.250. The van der Waals surface area contributed by atoms with Gasteiger partial charge in [0.1, 0.15) is 0 Å². The molecule has 90 valence electrons. The van der Waals surface area contributed by atoms with Crippen molar-refractivity contribution >= 4 is 27.5 Å². The van der Waals surface area contributed by atoms with Crippen LogP contribution in [0.15, 0.2) is 35.1 Å². The second-order valence-corrected chi connectivity index (χ2v) is 5.19. The van der Waals surface area contributed by atoms with Gasteiger partial charge < -0.3 is 5.32 Å². The fourth-order valence-electron chi connectivity index (χ4n) is 1.56. The van der Waals surface area contributed by atoms with Gasteiger partial charge >= 0.3 is 0 Å². The lowest BCUT2D eigenvalue weighted by molar-refractivity contribution is 0.575. The van der Waals surface area contributed by atoms with Crippen molar-refractivity contribution in [2.24, 2.45) is 0 Å². The minimum Gasteiger partial charge on any atom is -0.306 e. The zero-order chi connectivity index (χ0) is 12.3. The summed E-state index contributed by atoms with van der Waals surface area (Å²) in [4.78, 5) is 0. The number of hydrogen-bond donors (Lipinski definition) is 2. The van der Waals surface area contributed by atoms with Crippen LogP contribution >= 0.6 is 27.5 Å². The van der Waals surface area contributed by atoms with E-state index in [0.717, 1.165) is 27.2 Å². The van der Waals surface area contributed by atoms with E-state index in [9.17, 15) is 0 Å². The van der Waals surface area contributed by atoms with Crippen molar-refractivity contribution in [2.45, 2.75) is 19.5 Å². The second-order valence-electron chi connectivity index (χ2n) is 3.87. The molecule has 0 aliphatic heterocycles. The molecule has 0 bridgehead atoms. The Labute approximate surface area is 114 Å². The van der Waals surface area contributed by atoms with E-state index < -0.39 is 0 Å². The van der Waals surface area contributed by atoms with E-state index >= 15 is 0 Å². The first-order valence-electron chi connectivity index (χ1n) is 5.33. The van der Waals surface area contributed by atoms with E-state index in [1.54, 1.807) is 0 Å². The standard InChI is InChI=1S/C12H13BrClN3/c1-8(10-6-16-17-7-10)15-5-9-4-11(13)2-3-12(9)14/h2-4,6-8,15H,5H2,1H3,(H,16,17). The van der Waals surface area contributed by atoms with Gasteiger partial charge in [0.05, 0.1) is 6.20 Å². The molecule has 1 aromatic carbocycles. The summed E-state index contributed by atoms with van der Waals surface area (Å²) in [5, 5.41) is 10.9. The lowest BCUT2D eigenvalue weighted by Gasteiger charge is -2.13. The zero-order valence-electron chi connectivity index (χ0n) is 9.37. The number of nitrogens with zero attached hydrogens (tertiary/aromatic N) is 1. The Kier molecular flexibility index (Phi) is 4.20. The maximum atomic E-state index is 6.13. The molecule has 0 saturated carbocycles. The van der Waals surface area contributed by atoms with Crippen LogP contribution in [0.4, 0.5) is 0 Å². The van der Waals surface area contributed by atoms with Crippen molar-refractivity contribution in [1.29, 1.82) is 0 Å². The zero-order valence-corrected chi connectivity index (χ0v) is 11.7. The van der Waals surface area contributed by atoms with Crippen molar-refractivity contribution in [3.63, 3.8) is 0 Å². The van der Waals surface area contributed by atoms with E-state index in [2.05, 4.69) is 38.4 Å². The number of aromatic nitrogens is 2. The molecule has 0 aliphatic rings. The molecule has 1 aromatic heterocycles. The molecule has 5 heteroatoms. The van der Waals surface area contributed by atoms with Gasteiger partial charge in [0.15, 0.2) is 0 Å². The summed E-state index contributed by atoms with van der Waals surface area (Å²) >= 11 is 9.57. The molecule has 0 spiro atoms. The topological polar surface area (TPSA) is 40.7 Å².